The molecule has 1 atom stereocenters. The van der Waals surface area contributed by atoms with E-state index in [0.717, 1.165) is 22.4 Å². The maximum absolute atomic E-state index is 9.54. The molecule has 0 saturated heterocycles. The highest BCUT2D eigenvalue weighted by atomic mass is 16.5. The number of benzene rings is 2. The summed E-state index contributed by atoms with van der Waals surface area (Å²) >= 11 is 0. The van der Waals surface area contributed by atoms with Crippen molar-refractivity contribution in [2.75, 3.05) is 0 Å². The van der Waals surface area contributed by atoms with Crippen molar-refractivity contribution < 1.29 is 9.84 Å². The van der Waals surface area contributed by atoms with Crippen LogP contribution in [0.1, 0.15) is 35.3 Å². The van der Waals surface area contributed by atoms with Crippen LogP contribution >= 0.6 is 0 Å². The molecule has 102 valence electrons. The van der Waals surface area contributed by atoms with E-state index in [2.05, 4.69) is 6.07 Å². The highest BCUT2D eigenvalue weighted by Crippen LogP contribution is 2.23. The van der Waals surface area contributed by atoms with E-state index in [9.17, 15) is 5.11 Å². The number of hydrogen-bond acceptors (Lipinski definition) is 3. The van der Waals surface area contributed by atoms with Crippen LogP contribution in [0, 0.1) is 18.3 Å². The molecule has 3 nitrogen and oxygen atoms in total. The second-order valence-corrected chi connectivity index (χ2v) is 4.76. The highest BCUT2D eigenvalue weighted by molar-refractivity contribution is 5.39. The summed E-state index contributed by atoms with van der Waals surface area (Å²) in [6.45, 7) is 4.04. The van der Waals surface area contributed by atoms with Gasteiger partial charge in [0.25, 0.3) is 0 Å². The predicted octanol–water partition coefficient (Wildman–Crippen LogP) is 3.50. The Morgan fingerprint density at radius 3 is 2.65 bits per heavy atom. The molecule has 0 aliphatic heterocycles. The Morgan fingerprint density at radius 1 is 1.25 bits per heavy atom. The molecule has 0 unspecified atom stereocenters. The lowest BCUT2D eigenvalue weighted by molar-refractivity contribution is 0.199. The molecule has 2 aromatic rings. The van der Waals surface area contributed by atoms with E-state index < -0.39 is 6.10 Å². The molecule has 0 spiro atoms. The van der Waals surface area contributed by atoms with Crippen molar-refractivity contribution >= 4 is 0 Å². The summed E-state index contributed by atoms with van der Waals surface area (Å²) < 4.78 is 5.77. The van der Waals surface area contributed by atoms with Gasteiger partial charge in [0.1, 0.15) is 12.4 Å². The zero-order valence-electron chi connectivity index (χ0n) is 11.6. The second kappa shape index (κ2) is 6.23. The molecule has 0 saturated carbocycles. The zero-order valence-corrected chi connectivity index (χ0v) is 11.6. The van der Waals surface area contributed by atoms with Crippen molar-refractivity contribution in [1.82, 2.24) is 0 Å². The first-order valence-corrected chi connectivity index (χ1v) is 6.51. The quantitative estimate of drug-likeness (QED) is 0.922. The molecular weight excluding hydrogens is 250 g/mol. The Hall–Kier alpha value is -2.31. The van der Waals surface area contributed by atoms with Crippen LogP contribution in [0.15, 0.2) is 42.5 Å². The van der Waals surface area contributed by atoms with Crippen molar-refractivity contribution in [2.45, 2.75) is 26.6 Å². The van der Waals surface area contributed by atoms with Gasteiger partial charge in [-0.05, 0) is 43.2 Å². The van der Waals surface area contributed by atoms with Crippen LogP contribution in [0.25, 0.3) is 0 Å². The summed E-state index contributed by atoms with van der Waals surface area (Å²) in [4.78, 5) is 0. The van der Waals surface area contributed by atoms with E-state index >= 15 is 0 Å². The summed E-state index contributed by atoms with van der Waals surface area (Å²) in [5, 5.41) is 18.6. The third kappa shape index (κ3) is 3.17. The van der Waals surface area contributed by atoms with Crippen LogP contribution in [-0.2, 0) is 6.61 Å². The zero-order chi connectivity index (χ0) is 14.5. The summed E-state index contributed by atoms with van der Waals surface area (Å²) in [7, 11) is 0. The number of rotatable bonds is 4. The number of aliphatic hydroxyl groups is 1. The normalized spacial score (nSPS) is 11.7. The number of nitriles is 1. The fourth-order valence-electron chi connectivity index (χ4n) is 2.01. The van der Waals surface area contributed by atoms with Crippen LogP contribution in [0.2, 0.25) is 0 Å². The second-order valence-electron chi connectivity index (χ2n) is 4.76. The van der Waals surface area contributed by atoms with Gasteiger partial charge in [0.15, 0.2) is 0 Å². The van der Waals surface area contributed by atoms with Gasteiger partial charge in [-0.15, -0.1) is 0 Å². The molecule has 3 heteroatoms. The van der Waals surface area contributed by atoms with E-state index in [1.807, 2.05) is 43.3 Å². The molecule has 0 bridgehead atoms. The van der Waals surface area contributed by atoms with Crippen molar-refractivity contribution in [3.63, 3.8) is 0 Å². The molecule has 0 heterocycles. The molecule has 0 amide bonds. The van der Waals surface area contributed by atoms with Gasteiger partial charge in [-0.2, -0.15) is 5.26 Å². The summed E-state index contributed by atoms with van der Waals surface area (Å²) in [6.07, 6.45) is -0.484. The SMILES string of the molecule is Cc1cc([C@H](C)O)ccc1OCc1ccccc1C#N. The summed E-state index contributed by atoms with van der Waals surface area (Å²) in [6, 6.07) is 15.2. The largest absolute Gasteiger partial charge is 0.489 e. The van der Waals surface area contributed by atoms with Crippen molar-refractivity contribution in [2.24, 2.45) is 0 Å². The summed E-state index contributed by atoms with van der Waals surface area (Å²) in [5.41, 5.74) is 3.34. The third-order valence-corrected chi connectivity index (χ3v) is 3.20. The molecule has 0 aliphatic rings. The number of ether oxygens (including phenoxy) is 1. The van der Waals surface area contributed by atoms with Crippen LogP contribution in [-0.4, -0.2) is 5.11 Å². The molecule has 2 aromatic carbocycles. The van der Waals surface area contributed by atoms with Crippen LogP contribution in [0.3, 0.4) is 0 Å². The van der Waals surface area contributed by atoms with E-state index in [1.54, 1.807) is 13.0 Å². The minimum absolute atomic E-state index is 0.360. The molecular formula is C17H17NO2. The number of hydrogen-bond donors (Lipinski definition) is 1. The number of aliphatic hydroxyl groups excluding tert-OH is 1. The van der Waals surface area contributed by atoms with Gasteiger partial charge in [-0.3, -0.25) is 0 Å². The first-order chi connectivity index (χ1) is 9.61. The molecule has 0 aromatic heterocycles. The Morgan fingerprint density at radius 2 is 2.00 bits per heavy atom. The van der Waals surface area contributed by atoms with Crippen LogP contribution in [0.4, 0.5) is 0 Å². The number of aryl methyl sites for hydroxylation is 1. The highest BCUT2D eigenvalue weighted by Gasteiger charge is 2.07. The number of nitrogens with zero attached hydrogens (tertiary/aromatic N) is 1. The molecule has 20 heavy (non-hydrogen) atoms. The van der Waals surface area contributed by atoms with E-state index in [1.165, 1.54) is 0 Å². The smallest absolute Gasteiger partial charge is 0.122 e. The maximum Gasteiger partial charge on any atom is 0.122 e. The first kappa shape index (κ1) is 14.1. The average molecular weight is 267 g/mol. The molecule has 0 radical (unpaired) electrons. The predicted molar refractivity (Wildman–Crippen MR) is 77.3 cm³/mol. The van der Waals surface area contributed by atoms with Gasteiger partial charge in [-0.25, -0.2) is 0 Å². The van der Waals surface area contributed by atoms with Gasteiger partial charge in [0, 0.05) is 5.56 Å². The Balaban J connectivity index is 2.14. The molecule has 2 rings (SSSR count). The van der Waals surface area contributed by atoms with Gasteiger partial charge in [0.2, 0.25) is 0 Å². The first-order valence-electron chi connectivity index (χ1n) is 6.51. The minimum Gasteiger partial charge on any atom is -0.489 e. The topological polar surface area (TPSA) is 53.2 Å². The van der Waals surface area contributed by atoms with Crippen molar-refractivity contribution in [3.8, 4) is 11.8 Å². The van der Waals surface area contributed by atoms with E-state index in [-0.39, 0.29) is 0 Å². The van der Waals surface area contributed by atoms with Crippen LogP contribution < -0.4 is 4.74 Å². The minimum atomic E-state index is -0.484. The van der Waals surface area contributed by atoms with Gasteiger partial charge in [0.05, 0.1) is 17.7 Å². The Kier molecular flexibility index (Phi) is 4.39. The molecule has 0 aliphatic carbocycles. The monoisotopic (exact) mass is 267 g/mol. The molecule has 0 fully saturated rings. The lowest BCUT2D eigenvalue weighted by atomic mass is 10.1. The van der Waals surface area contributed by atoms with Gasteiger partial charge >= 0.3 is 0 Å². The Labute approximate surface area is 119 Å². The summed E-state index contributed by atoms with van der Waals surface area (Å²) in [5.74, 6) is 0.766. The average Bonchev–Trinajstić information content (AvgIpc) is 2.46. The van der Waals surface area contributed by atoms with Crippen LogP contribution in [0.5, 0.6) is 5.75 Å². The van der Waals surface area contributed by atoms with Gasteiger partial charge in [-0.1, -0.05) is 24.3 Å². The van der Waals surface area contributed by atoms with E-state index in [0.29, 0.717) is 12.2 Å². The lowest BCUT2D eigenvalue weighted by Gasteiger charge is -2.12. The lowest BCUT2D eigenvalue weighted by Crippen LogP contribution is -2.00. The third-order valence-electron chi connectivity index (χ3n) is 3.20. The fourth-order valence-corrected chi connectivity index (χ4v) is 2.01. The van der Waals surface area contributed by atoms with Crippen molar-refractivity contribution in [1.29, 1.82) is 5.26 Å². The standard InChI is InChI=1S/C17H17NO2/c1-12-9-14(13(2)19)7-8-17(12)20-11-16-6-4-3-5-15(16)10-18/h3-9,13,19H,11H2,1-2H3/t13-/m0/s1. The van der Waals surface area contributed by atoms with E-state index in [4.69, 9.17) is 10.00 Å². The molecule has 1 N–H and O–H groups in total. The Bertz CT molecular complexity index is 642. The van der Waals surface area contributed by atoms with Gasteiger partial charge < -0.3 is 9.84 Å². The maximum atomic E-state index is 9.54. The fraction of sp³-hybridized carbons (Fsp3) is 0.235. The van der Waals surface area contributed by atoms with Crippen molar-refractivity contribution in [3.05, 3.63) is 64.7 Å².